The van der Waals surface area contributed by atoms with Crippen LogP contribution in [0.5, 0.6) is 0 Å². The molecule has 0 heterocycles. The van der Waals surface area contributed by atoms with Gasteiger partial charge in [-0.05, 0) is 53.4 Å². The fourth-order valence-electron chi connectivity index (χ4n) is 1.96. The van der Waals surface area contributed by atoms with Crippen LogP contribution in [-0.2, 0) is 11.0 Å². The second-order valence-electron chi connectivity index (χ2n) is 6.18. The Morgan fingerprint density at radius 2 is 1.95 bits per heavy atom. The Bertz CT molecular complexity index is 328. The third-order valence-corrected chi connectivity index (χ3v) is 4.82. The van der Waals surface area contributed by atoms with Crippen molar-refractivity contribution in [3.8, 4) is 0 Å². The molecule has 0 aliphatic carbocycles. The van der Waals surface area contributed by atoms with Crippen LogP contribution in [0.2, 0.25) is 0 Å². The topological polar surface area (TPSA) is 20.3 Å². The van der Waals surface area contributed by atoms with Crippen LogP contribution in [0.1, 0.15) is 60.3 Å². The van der Waals surface area contributed by atoms with Crippen LogP contribution in [0.25, 0.3) is 0 Å². The normalized spacial score (nSPS) is 15.9. The molecule has 0 aliphatic heterocycles. The van der Waals surface area contributed by atoms with Crippen molar-refractivity contribution in [2.75, 3.05) is 7.05 Å². The average molecular weight is 285 g/mol. The van der Waals surface area contributed by atoms with Crippen LogP contribution < -0.4 is 0 Å². The monoisotopic (exact) mass is 285 g/mol. The van der Waals surface area contributed by atoms with Gasteiger partial charge in [0.1, 0.15) is 0 Å². The summed E-state index contributed by atoms with van der Waals surface area (Å²) >= 11 is 0. The molecule has 0 aromatic heterocycles. The molecule has 0 saturated heterocycles. The summed E-state index contributed by atoms with van der Waals surface area (Å²) < 4.78 is 14.3. The first kappa shape index (κ1) is 18.6. The zero-order valence-corrected chi connectivity index (χ0v) is 14.3. The van der Waals surface area contributed by atoms with Crippen molar-refractivity contribution in [2.45, 2.75) is 71.1 Å². The van der Waals surface area contributed by atoms with E-state index in [-0.39, 0.29) is 4.75 Å². The van der Waals surface area contributed by atoms with Crippen molar-refractivity contribution in [2.24, 2.45) is 0 Å². The van der Waals surface area contributed by atoms with E-state index in [2.05, 4.69) is 25.7 Å². The first-order chi connectivity index (χ1) is 8.70. The van der Waals surface area contributed by atoms with Crippen molar-refractivity contribution in [3.63, 3.8) is 0 Å². The van der Waals surface area contributed by atoms with Crippen LogP contribution in [0.3, 0.4) is 0 Å². The van der Waals surface area contributed by atoms with E-state index in [0.717, 1.165) is 31.3 Å². The van der Waals surface area contributed by atoms with Gasteiger partial charge in [-0.25, -0.2) is 8.51 Å². The van der Waals surface area contributed by atoms with Gasteiger partial charge in [0.2, 0.25) is 0 Å². The summed E-state index contributed by atoms with van der Waals surface area (Å²) in [5.41, 5.74) is 1.15. The maximum atomic E-state index is 12.5. The second kappa shape index (κ2) is 8.70. The standard InChI is InChI=1S/C16H31NOS/c1-8-9-10-11-12-15(13-14(2)3)17(7)19(18)16(4,5)6/h9-10,15H,2,8,11-13H2,1,3-7H3/b10-9-/t15-,19-/m1/s1. The molecule has 19 heavy (non-hydrogen) atoms. The molecule has 0 amide bonds. The zero-order chi connectivity index (χ0) is 15.1. The lowest BCUT2D eigenvalue weighted by molar-refractivity contribution is 0.360. The van der Waals surface area contributed by atoms with Gasteiger partial charge in [-0.2, -0.15) is 0 Å². The van der Waals surface area contributed by atoms with E-state index < -0.39 is 11.0 Å². The molecule has 0 unspecified atom stereocenters. The summed E-state index contributed by atoms with van der Waals surface area (Å²) in [5, 5.41) is 0. The maximum absolute atomic E-state index is 12.5. The summed E-state index contributed by atoms with van der Waals surface area (Å²) in [7, 11) is 1.00. The van der Waals surface area contributed by atoms with Gasteiger partial charge in [-0.1, -0.05) is 24.6 Å². The highest BCUT2D eigenvalue weighted by Crippen LogP contribution is 2.22. The molecule has 0 fully saturated rings. The predicted octanol–water partition coefficient (Wildman–Crippen LogP) is 4.46. The molecule has 0 radical (unpaired) electrons. The first-order valence-electron chi connectivity index (χ1n) is 7.14. The van der Waals surface area contributed by atoms with Crippen molar-refractivity contribution in [1.29, 1.82) is 0 Å². The Labute approximate surface area is 122 Å². The Kier molecular flexibility index (Phi) is 8.51. The fraction of sp³-hybridized carbons (Fsp3) is 0.750. The Balaban J connectivity index is 4.69. The van der Waals surface area contributed by atoms with Crippen molar-refractivity contribution in [3.05, 3.63) is 24.3 Å². The molecule has 0 aromatic rings. The second-order valence-corrected chi connectivity index (χ2v) is 8.48. The van der Waals surface area contributed by atoms with Crippen molar-refractivity contribution >= 4 is 11.0 Å². The van der Waals surface area contributed by atoms with E-state index in [1.165, 1.54) is 0 Å². The van der Waals surface area contributed by atoms with Crippen LogP contribution in [-0.4, -0.2) is 26.4 Å². The van der Waals surface area contributed by atoms with Gasteiger partial charge >= 0.3 is 0 Å². The zero-order valence-electron chi connectivity index (χ0n) is 13.5. The van der Waals surface area contributed by atoms with E-state index in [1.807, 2.05) is 39.0 Å². The molecule has 0 bridgehead atoms. The highest BCUT2D eigenvalue weighted by atomic mass is 32.2. The van der Waals surface area contributed by atoms with Gasteiger partial charge in [-0.15, -0.1) is 6.58 Å². The summed E-state index contributed by atoms with van der Waals surface area (Å²) in [6.45, 7) is 14.3. The number of nitrogens with zero attached hydrogens (tertiary/aromatic N) is 1. The molecule has 2 atom stereocenters. The third-order valence-electron chi connectivity index (χ3n) is 2.95. The SMILES string of the molecule is C=C(C)C[C@@H](CC/C=C\CC)N(C)[S@](=O)C(C)(C)C. The predicted molar refractivity (Wildman–Crippen MR) is 87.5 cm³/mol. The lowest BCUT2D eigenvalue weighted by Gasteiger charge is -2.32. The highest BCUT2D eigenvalue weighted by molar-refractivity contribution is 7.84. The van der Waals surface area contributed by atoms with Crippen LogP contribution >= 0.6 is 0 Å². The molecule has 112 valence electrons. The molecule has 0 aliphatic rings. The highest BCUT2D eigenvalue weighted by Gasteiger charge is 2.28. The number of rotatable bonds is 8. The smallest absolute Gasteiger partial charge is 0.0997 e. The summed E-state index contributed by atoms with van der Waals surface area (Å²) in [6, 6.07) is 0.305. The molecule has 0 spiro atoms. The molecular weight excluding hydrogens is 254 g/mol. The van der Waals surface area contributed by atoms with Gasteiger partial charge in [0.05, 0.1) is 15.7 Å². The lowest BCUT2D eigenvalue weighted by Crippen LogP contribution is -2.41. The van der Waals surface area contributed by atoms with E-state index >= 15 is 0 Å². The van der Waals surface area contributed by atoms with Gasteiger partial charge in [0.15, 0.2) is 0 Å². The minimum atomic E-state index is -0.968. The Hall–Kier alpha value is -0.410. The number of hydrogen-bond donors (Lipinski definition) is 0. The van der Waals surface area contributed by atoms with E-state index in [4.69, 9.17) is 0 Å². The van der Waals surface area contributed by atoms with E-state index in [1.54, 1.807) is 0 Å². The molecular formula is C16H31NOS. The van der Waals surface area contributed by atoms with Gasteiger partial charge in [-0.3, -0.25) is 0 Å². The van der Waals surface area contributed by atoms with Crippen LogP contribution in [0, 0.1) is 0 Å². The Morgan fingerprint density at radius 1 is 1.37 bits per heavy atom. The van der Waals surface area contributed by atoms with E-state index in [0.29, 0.717) is 6.04 Å². The number of allylic oxidation sites excluding steroid dienone is 2. The quantitative estimate of drug-likeness (QED) is 0.603. The molecule has 2 nitrogen and oxygen atoms in total. The van der Waals surface area contributed by atoms with Crippen LogP contribution in [0.4, 0.5) is 0 Å². The lowest BCUT2D eigenvalue weighted by atomic mass is 10.0. The summed E-state index contributed by atoms with van der Waals surface area (Å²) in [4.78, 5) is 0. The van der Waals surface area contributed by atoms with Crippen molar-refractivity contribution in [1.82, 2.24) is 4.31 Å². The van der Waals surface area contributed by atoms with Gasteiger partial charge in [0, 0.05) is 13.1 Å². The first-order valence-corrected chi connectivity index (χ1v) is 8.25. The molecule has 0 aromatic carbocycles. The largest absolute Gasteiger partial charge is 0.242 e. The van der Waals surface area contributed by atoms with Gasteiger partial charge in [0.25, 0.3) is 0 Å². The minimum absolute atomic E-state index is 0.207. The molecule has 0 saturated carbocycles. The van der Waals surface area contributed by atoms with E-state index in [9.17, 15) is 4.21 Å². The fourth-order valence-corrected chi connectivity index (χ4v) is 3.27. The van der Waals surface area contributed by atoms with Gasteiger partial charge < -0.3 is 0 Å². The number of hydrogen-bond acceptors (Lipinski definition) is 1. The van der Waals surface area contributed by atoms with Crippen molar-refractivity contribution < 1.29 is 4.21 Å². The molecule has 0 rings (SSSR count). The third kappa shape index (κ3) is 7.68. The maximum Gasteiger partial charge on any atom is 0.0997 e. The minimum Gasteiger partial charge on any atom is -0.242 e. The molecule has 0 N–H and O–H groups in total. The summed E-state index contributed by atoms with van der Waals surface area (Å²) in [6.07, 6.45) is 8.48. The van der Waals surface area contributed by atoms with Crippen LogP contribution in [0.15, 0.2) is 24.3 Å². The Morgan fingerprint density at radius 3 is 2.37 bits per heavy atom. The summed E-state index contributed by atoms with van der Waals surface area (Å²) in [5.74, 6) is 0. The molecule has 3 heteroatoms. The average Bonchev–Trinajstić information content (AvgIpc) is 2.29.